The first-order valence-corrected chi connectivity index (χ1v) is 6.97. The number of nitrogens with one attached hydrogen (secondary N) is 2. The van der Waals surface area contributed by atoms with Gasteiger partial charge in [-0.3, -0.25) is 9.59 Å². The lowest BCUT2D eigenvalue weighted by molar-refractivity contribution is -0.173. The first-order valence-electron chi connectivity index (χ1n) is 6.97. The number of rotatable bonds is 7. The predicted molar refractivity (Wildman–Crippen MR) is 76.0 cm³/mol. The molecule has 0 saturated carbocycles. The van der Waals surface area contributed by atoms with E-state index >= 15 is 0 Å². The SMILES string of the molecule is CC(CCc1ccccc1)NC(=O)CCNC(=O)C(F)(F)F. The molecule has 4 nitrogen and oxygen atoms in total. The number of aryl methyl sites for hydroxylation is 1. The number of carbonyl (C=O) groups is 2. The van der Waals surface area contributed by atoms with E-state index in [9.17, 15) is 22.8 Å². The standard InChI is InChI=1S/C15H19F3N2O2/c1-11(7-8-12-5-3-2-4-6-12)20-13(21)9-10-19-14(22)15(16,17)18/h2-6,11H,7-10H2,1H3,(H,19,22)(H,20,21). The molecule has 0 aromatic heterocycles. The number of alkyl halides is 3. The van der Waals surface area contributed by atoms with Gasteiger partial charge >= 0.3 is 12.1 Å². The average molecular weight is 316 g/mol. The van der Waals surface area contributed by atoms with Gasteiger partial charge in [-0.25, -0.2) is 0 Å². The van der Waals surface area contributed by atoms with E-state index in [4.69, 9.17) is 0 Å². The molecule has 7 heteroatoms. The van der Waals surface area contributed by atoms with Gasteiger partial charge in [-0.05, 0) is 25.3 Å². The van der Waals surface area contributed by atoms with Crippen LogP contribution in [-0.4, -0.2) is 30.6 Å². The third kappa shape index (κ3) is 7.10. The van der Waals surface area contributed by atoms with E-state index in [0.717, 1.165) is 18.4 Å². The highest BCUT2D eigenvalue weighted by molar-refractivity contribution is 5.82. The lowest BCUT2D eigenvalue weighted by atomic mass is 10.1. The highest BCUT2D eigenvalue weighted by Crippen LogP contribution is 2.13. The maximum Gasteiger partial charge on any atom is 0.471 e. The first kappa shape index (κ1) is 18.0. The minimum absolute atomic E-state index is 0.0916. The summed E-state index contributed by atoms with van der Waals surface area (Å²) in [6.07, 6.45) is -3.57. The number of hydrogen-bond donors (Lipinski definition) is 2. The highest BCUT2D eigenvalue weighted by Gasteiger charge is 2.38. The van der Waals surface area contributed by atoms with Crippen LogP contribution in [0.2, 0.25) is 0 Å². The first-order chi connectivity index (χ1) is 10.3. The number of benzene rings is 1. The topological polar surface area (TPSA) is 58.2 Å². The molecule has 0 saturated heterocycles. The van der Waals surface area contributed by atoms with Crippen molar-refractivity contribution in [2.75, 3.05) is 6.54 Å². The van der Waals surface area contributed by atoms with Crippen LogP contribution in [0.3, 0.4) is 0 Å². The van der Waals surface area contributed by atoms with Gasteiger partial charge in [-0.15, -0.1) is 0 Å². The fraction of sp³-hybridized carbons (Fsp3) is 0.467. The van der Waals surface area contributed by atoms with Gasteiger partial charge in [0.15, 0.2) is 0 Å². The molecule has 0 aliphatic rings. The average Bonchev–Trinajstić information content (AvgIpc) is 2.45. The predicted octanol–water partition coefficient (Wildman–Crippen LogP) is 2.19. The summed E-state index contributed by atoms with van der Waals surface area (Å²) in [5.41, 5.74) is 1.15. The van der Waals surface area contributed by atoms with E-state index in [2.05, 4.69) is 5.32 Å². The molecule has 22 heavy (non-hydrogen) atoms. The van der Waals surface area contributed by atoms with Crippen molar-refractivity contribution in [1.82, 2.24) is 10.6 Å². The molecule has 0 bridgehead atoms. The zero-order valence-electron chi connectivity index (χ0n) is 12.2. The van der Waals surface area contributed by atoms with Crippen molar-refractivity contribution < 1.29 is 22.8 Å². The zero-order valence-corrected chi connectivity index (χ0v) is 12.2. The van der Waals surface area contributed by atoms with Crippen molar-refractivity contribution in [1.29, 1.82) is 0 Å². The van der Waals surface area contributed by atoms with Gasteiger partial charge in [0.05, 0.1) is 0 Å². The molecule has 0 fully saturated rings. The molecule has 0 aliphatic heterocycles. The second kappa shape index (κ2) is 8.41. The molecule has 1 aromatic carbocycles. The molecule has 1 aromatic rings. The maximum absolute atomic E-state index is 11.9. The fourth-order valence-electron chi connectivity index (χ4n) is 1.84. The Balaban J connectivity index is 2.20. The van der Waals surface area contributed by atoms with Gasteiger partial charge in [0, 0.05) is 19.0 Å². The number of hydrogen-bond acceptors (Lipinski definition) is 2. The van der Waals surface area contributed by atoms with Crippen LogP contribution < -0.4 is 10.6 Å². The number of carbonyl (C=O) groups excluding carboxylic acids is 2. The van der Waals surface area contributed by atoms with Crippen LogP contribution in [0.4, 0.5) is 13.2 Å². The summed E-state index contributed by atoms with van der Waals surface area (Å²) in [5.74, 6) is -2.42. The van der Waals surface area contributed by atoms with Crippen molar-refractivity contribution in [3.05, 3.63) is 35.9 Å². The van der Waals surface area contributed by atoms with Crippen LogP contribution in [0.5, 0.6) is 0 Å². The number of halogens is 3. The molecule has 0 radical (unpaired) electrons. The quantitative estimate of drug-likeness (QED) is 0.810. The summed E-state index contributed by atoms with van der Waals surface area (Å²) >= 11 is 0. The zero-order chi connectivity index (χ0) is 16.6. The van der Waals surface area contributed by atoms with Crippen LogP contribution >= 0.6 is 0 Å². The van der Waals surface area contributed by atoms with Crippen LogP contribution in [-0.2, 0) is 16.0 Å². The van der Waals surface area contributed by atoms with E-state index in [0.29, 0.717) is 0 Å². The smallest absolute Gasteiger partial charge is 0.354 e. The van der Waals surface area contributed by atoms with Crippen LogP contribution in [0, 0.1) is 0 Å². The Labute approximate surface area is 127 Å². The Bertz CT molecular complexity index is 489. The third-order valence-corrected chi connectivity index (χ3v) is 3.01. The molecule has 2 amide bonds. The molecule has 0 heterocycles. The van der Waals surface area contributed by atoms with Crippen molar-refractivity contribution in [2.45, 2.75) is 38.4 Å². The summed E-state index contributed by atoms with van der Waals surface area (Å²) < 4.78 is 35.8. The van der Waals surface area contributed by atoms with Crippen molar-refractivity contribution in [2.24, 2.45) is 0 Å². The van der Waals surface area contributed by atoms with Crippen LogP contribution in [0.25, 0.3) is 0 Å². The van der Waals surface area contributed by atoms with Crippen LogP contribution in [0.15, 0.2) is 30.3 Å². The molecule has 1 unspecified atom stereocenters. The Hall–Kier alpha value is -2.05. The van der Waals surface area contributed by atoms with Crippen molar-refractivity contribution >= 4 is 11.8 Å². The Morgan fingerprint density at radius 3 is 2.41 bits per heavy atom. The van der Waals surface area contributed by atoms with Gasteiger partial charge in [0.2, 0.25) is 5.91 Å². The summed E-state index contributed by atoms with van der Waals surface area (Å²) in [6, 6.07) is 9.67. The largest absolute Gasteiger partial charge is 0.471 e. The lowest BCUT2D eigenvalue weighted by Crippen LogP contribution is -2.40. The Kier molecular flexibility index (Phi) is 6.88. The molecule has 122 valence electrons. The molecule has 1 rings (SSSR count). The van der Waals surface area contributed by atoms with E-state index < -0.39 is 12.1 Å². The molecule has 1 atom stereocenters. The minimum atomic E-state index is -4.92. The van der Waals surface area contributed by atoms with E-state index in [-0.39, 0.29) is 24.9 Å². The lowest BCUT2D eigenvalue weighted by Gasteiger charge is -2.14. The van der Waals surface area contributed by atoms with E-state index in [1.54, 1.807) is 5.32 Å². The van der Waals surface area contributed by atoms with Gasteiger partial charge in [0.25, 0.3) is 0 Å². The van der Waals surface area contributed by atoms with Crippen LogP contribution in [0.1, 0.15) is 25.3 Å². The maximum atomic E-state index is 11.9. The molecule has 0 aliphatic carbocycles. The van der Waals surface area contributed by atoms with E-state index in [1.165, 1.54) is 0 Å². The minimum Gasteiger partial charge on any atom is -0.354 e. The summed E-state index contributed by atoms with van der Waals surface area (Å²) in [7, 11) is 0. The second-order valence-corrected chi connectivity index (χ2v) is 5.00. The summed E-state index contributed by atoms with van der Waals surface area (Å²) in [4.78, 5) is 22.1. The Morgan fingerprint density at radius 1 is 1.18 bits per heavy atom. The highest BCUT2D eigenvalue weighted by atomic mass is 19.4. The molecule has 0 spiro atoms. The summed E-state index contributed by atoms with van der Waals surface area (Å²) in [5, 5.41) is 4.35. The monoisotopic (exact) mass is 316 g/mol. The van der Waals surface area contributed by atoms with E-state index in [1.807, 2.05) is 37.3 Å². The molecule has 2 N–H and O–H groups in total. The van der Waals surface area contributed by atoms with Gasteiger partial charge < -0.3 is 10.6 Å². The van der Waals surface area contributed by atoms with Crippen molar-refractivity contribution in [3.63, 3.8) is 0 Å². The third-order valence-electron chi connectivity index (χ3n) is 3.01. The fourth-order valence-corrected chi connectivity index (χ4v) is 1.84. The van der Waals surface area contributed by atoms with Gasteiger partial charge in [-0.1, -0.05) is 30.3 Å². The summed E-state index contributed by atoms with van der Waals surface area (Å²) in [6.45, 7) is 1.49. The normalized spacial score (nSPS) is 12.5. The molecular weight excluding hydrogens is 297 g/mol. The van der Waals surface area contributed by atoms with Gasteiger partial charge in [-0.2, -0.15) is 13.2 Å². The van der Waals surface area contributed by atoms with Crippen molar-refractivity contribution in [3.8, 4) is 0 Å². The molecular formula is C15H19F3N2O2. The second-order valence-electron chi connectivity index (χ2n) is 5.00. The Morgan fingerprint density at radius 2 is 1.82 bits per heavy atom. The number of amides is 2. The van der Waals surface area contributed by atoms with Gasteiger partial charge in [0.1, 0.15) is 0 Å².